The van der Waals surface area contributed by atoms with E-state index in [0.717, 1.165) is 0 Å². The van der Waals surface area contributed by atoms with Gasteiger partial charge in [0.2, 0.25) is 10.0 Å². The number of sulfonamides is 2. The van der Waals surface area contributed by atoms with Crippen LogP contribution in [0, 0.1) is 6.92 Å². The maximum atomic E-state index is 13.0. The molecule has 2 aromatic rings. The molecule has 1 aliphatic rings. The topological polar surface area (TPSA) is 92.6 Å². The van der Waals surface area contributed by atoms with Gasteiger partial charge >= 0.3 is 0 Å². The van der Waals surface area contributed by atoms with Crippen LogP contribution in [-0.4, -0.2) is 61.2 Å². The van der Waals surface area contributed by atoms with E-state index in [4.69, 9.17) is 23.2 Å². The Labute approximate surface area is 174 Å². The van der Waals surface area contributed by atoms with Crippen LogP contribution in [-0.2, 0) is 27.1 Å². The Kier molecular flexibility index (Phi) is 6.09. The highest BCUT2D eigenvalue weighted by molar-refractivity contribution is 7.89. The molecule has 28 heavy (non-hydrogen) atoms. The van der Waals surface area contributed by atoms with Gasteiger partial charge in [0.15, 0.2) is 5.03 Å². The SMILES string of the molecule is Cc1nc(S(=O)(=O)N2CCCN(S(=O)(=O)c3cc(Cl)ccc3Cl)CC2)cn1C. The molecule has 8 nitrogen and oxygen atoms in total. The van der Waals surface area contributed by atoms with Crippen LogP contribution in [0.25, 0.3) is 0 Å². The van der Waals surface area contributed by atoms with E-state index in [2.05, 4.69) is 4.98 Å². The Hall–Kier alpha value is -1.17. The second-order valence-corrected chi connectivity index (χ2v) is 11.1. The van der Waals surface area contributed by atoms with Crippen molar-refractivity contribution in [2.45, 2.75) is 23.3 Å². The Morgan fingerprint density at radius 1 is 0.964 bits per heavy atom. The summed E-state index contributed by atoms with van der Waals surface area (Å²) in [6, 6.07) is 4.23. The number of benzene rings is 1. The first-order valence-corrected chi connectivity index (χ1v) is 12.1. The van der Waals surface area contributed by atoms with Crippen LogP contribution in [0.15, 0.2) is 34.3 Å². The van der Waals surface area contributed by atoms with Crippen molar-refractivity contribution in [1.29, 1.82) is 0 Å². The fraction of sp³-hybridized carbons (Fsp3) is 0.438. The van der Waals surface area contributed by atoms with Crippen LogP contribution in [0.1, 0.15) is 12.2 Å². The standard InChI is InChI=1S/C16H20Cl2N4O4S2/c1-12-19-16(11-20(12)2)28(25,26)22-7-3-6-21(8-9-22)27(23,24)15-10-13(17)4-5-14(15)18/h4-5,10-11H,3,6-9H2,1-2H3. The molecule has 0 N–H and O–H groups in total. The minimum absolute atomic E-state index is 0.0101. The average Bonchev–Trinajstić information content (AvgIpc) is 2.84. The van der Waals surface area contributed by atoms with Gasteiger partial charge in [-0.3, -0.25) is 0 Å². The molecular weight excluding hydrogens is 447 g/mol. The van der Waals surface area contributed by atoms with E-state index in [1.807, 2.05) is 0 Å². The number of aromatic nitrogens is 2. The first-order chi connectivity index (χ1) is 13.0. The first kappa shape index (κ1) is 21.5. The molecule has 3 rings (SSSR count). The monoisotopic (exact) mass is 466 g/mol. The number of hydrogen-bond acceptors (Lipinski definition) is 5. The summed E-state index contributed by atoms with van der Waals surface area (Å²) in [5.41, 5.74) is 0. The lowest BCUT2D eigenvalue weighted by Crippen LogP contribution is -2.37. The van der Waals surface area contributed by atoms with Crippen molar-refractivity contribution in [2.24, 2.45) is 7.05 Å². The predicted molar refractivity (Wildman–Crippen MR) is 107 cm³/mol. The van der Waals surface area contributed by atoms with E-state index in [1.165, 1.54) is 33.0 Å². The number of imidazole rings is 1. The molecule has 1 aromatic heterocycles. The summed E-state index contributed by atoms with van der Waals surface area (Å²) in [5, 5.41) is 0.288. The van der Waals surface area contributed by atoms with E-state index in [1.54, 1.807) is 18.5 Å². The van der Waals surface area contributed by atoms with E-state index in [9.17, 15) is 16.8 Å². The first-order valence-electron chi connectivity index (χ1n) is 8.49. The fourth-order valence-corrected chi connectivity index (χ4v) is 6.65. The van der Waals surface area contributed by atoms with Gasteiger partial charge < -0.3 is 4.57 Å². The van der Waals surface area contributed by atoms with Gasteiger partial charge in [-0.25, -0.2) is 21.8 Å². The summed E-state index contributed by atoms with van der Waals surface area (Å²) in [5.74, 6) is 0.577. The zero-order chi connectivity index (χ0) is 20.7. The second kappa shape index (κ2) is 7.92. The zero-order valence-corrected chi connectivity index (χ0v) is 18.5. The number of aryl methyl sites for hydroxylation is 2. The summed E-state index contributed by atoms with van der Waals surface area (Å²) < 4.78 is 55.9. The number of halogens is 2. The molecular formula is C16H20Cl2N4O4S2. The van der Waals surface area contributed by atoms with Crippen molar-refractivity contribution in [2.75, 3.05) is 26.2 Å². The third-order valence-corrected chi connectivity index (χ3v) is 9.00. The molecule has 1 fully saturated rings. The Bertz CT molecular complexity index is 1080. The summed E-state index contributed by atoms with van der Waals surface area (Å²) in [4.78, 5) is 4.01. The van der Waals surface area contributed by atoms with Gasteiger partial charge in [-0.15, -0.1) is 0 Å². The Balaban J connectivity index is 1.84. The number of hydrogen-bond donors (Lipinski definition) is 0. The normalized spacial score (nSPS) is 17.6. The number of rotatable bonds is 4. The van der Waals surface area contributed by atoms with Gasteiger partial charge in [0.1, 0.15) is 10.7 Å². The van der Waals surface area contributed by atoms with Crippen LogP contribution >= 0.6 is 23.2 Å². The van der Waals surface area contributed by atoms with Crippen molar-refractivity contribution < 1.29 is 16.8 Å². The molecule has 0 amide bonds. The van der Waals surface area contributed by atoms with Gasteiger partial charge in [-0.05, 0) is 31.5 Å². The number of nitrogens with zero attached hydrogens (tertiary/aromatic N) is 4. The van der Waals surface area contributed by atoms with Crippen molar-refractivity contribution in [1.82, 2.24) is 18.2 Å². The highest BCUT2D eigenvalue weighted by Crippen LogP contribution is 2.28. The molecule has 0 saturated carbocycles. The minimum Gasteiger partial charge on any atom is -0.337 e. The maximum absolute atomic E-state index is 13.0. The lowest BCUT2D eigenvalue weighted by molar-refractivity contribution is 0.403. The lowest BCUT2D eigenvalue weighted by Gasteiger charge is -2.21. The van der Waals surface area contributed by atoms with Crippen LogP contribution < -0.4 is 0 Å². The zero-order valence-electron chi connectivity index (χ0n) is 15.3. The molecule has 2 heterocycles. The quantitative estimate of drug-likeness (QED) is 0.687. The summed E-state index contributed by atoms with van der Waals surface area (Å²) in [6.45, 7) is 2.13. The van der Waals surface area contributed by atoms with E-state index in [0.29, 0.717) is 12.2 Å². The smallest absolute Gasteiger partial charge is 0.262 e. The highest BCUT2D eigenvalue weighted by Gasteiger charge is 2.33. The molecule has 0 unspecified atom stereocenters. The Morgan fingerprint density at radius 3 is 2.14 bits per heavy atom. The van der Waals surface area contributed by atoms with Gasteiger partial charge in [0.25, 0.3) is 10.0 Å². The van der Waals surface area contributed by atoms with Crippen LogP contribution in [0.4, 0.5) is 0 Å². The second-order valence-electron chi connectivity index (χ2n) is 6.47. The molecule has 1 aliphatic heterocycles. The highest BCUT2D eigenvalue weighted by atomic mass is 35.5. The molecule has 0 aliphatic carbocycles. The average molecular weight is 467 g/mol. The molecule has 1 aromatic carbocycles. The van der Waals surface area contributed by atoms with Gasteiger partial charge in [0, 0.05) is 44.4 Å². The molecule has 154 valence electrons. The lowest BCUT2D eigenvalue weighted by atomic mass is 10.4. The molecule has 0 atom stereocenters. The van der Waals surface area contributed by atoms with E-state index >= 15 is 0 Å². The third-order valence-electron chi connectivity index (χ3n) is 4.62. The van der Waals surface area contributed by atoms with Crippen molar-refractivity contribution in [3.63, 3.8) is 0 Å². The largest absolute Gasteiger partial charge is 0.337 e. The predicted octanol–water partition coefficient (Wildman–Crippen LogP) is 2.12. The fourth-order valence-electron chi connectivity index (χ4n) is 2.95. The summed E-state index contributed by atoms with van der Waals surface area (Å²) in [7, 11) is -5.99. The van der Waals surface area contributed by atoms with Crippen molar-refractivity contribution >= 4 is 43.2 Å². The van der Waals surface area contributed by atoms with E-state index < -0.39 is 20.0 Å². The molecule has 1 saturated heterocycles. The van der Waals surface area contributed by atoms with Crippen LogP contribution in [0.3, 0.4) is 0 Å². The van der Waals surface area contributed by atoms with Crippen molar-refractivity contribution in [3.8, 4) is 0 Å². The van der Waals surface area contributed by atoms with Crippen molar-refractivity contribution in [3.05, 3.63) is 40.3 Å². The van der Waals surface area contributed by atoms with Gasteiger partial charge in [0.05, 0.1) is 5.02 Å². The van der Waals surface area contributed by atoms with Crippen LogP contribution in [0.5, 0.6) is 0 Å². The van der Waals surface area contributed by atoms with Gasteiger partial charge in [-0.2, -0.15) is 8.61 Å². The molecule has 0 bridgehead atoms. The Morgan fingerprint density at radius 2 is 1.57 bits per heavy atom. The molecule has 12 heteroatoms. The third kappa shape index (κ3) is 4.07. The molecule has 0 radical (unpaired) electrons. The minimum atomic E-state index is -3.90. The van der Waals surface area contributed by atoms with E-state index in [-0.39, 0.29) is 46.1 Å². The van der Waals surface area contributed by atoms with Crippen LogP contribution in [0.2, 0.25) is 10.0 Å². The molecule has 0 spiro atoms. The summed E-state index contributed by atoms with van der Waals surface area (Å²) in [6.07, 6.45) is 1.80. The van der Waals surface area contributed by atoms with Gasteiger partial charge in [-0.1, -0.05) is 23.2 Å². The maximum Gasteiger partial charge on any atom is 0.262 e. The summed E-state index contributed by atoms with van der Waals surface area (Å²) >= 11 is 12.0.